The smallest absolute Gasteiger partial charge is 0.344 e. The third kappa shape index (κ3) is 6.71. The minimum atomic E-state index is -3.85. The Labute approximate surface area is 79.6 Å². The molecule has 80 valence electrons. The Kier molecular flexibility index (Phi) is 6.18. The summed E-state index contributed by atoms with van der Waals surface area (Å²) in [6, 6.07) is 0. The zero-order valence-electron chi connectivity index (χ0n) is 8.24. The molecule has 0 spiro atoms. The molecule has 0 aromatic rings. The Bertz CT molecular complexity index is 245. The van der Waals surface area contributed by atoms with Crippen LogP contribution in [0.4, 0.5) is 0 Å². The molecule has 0 unspecified atom stereocenters. The molecule has 5 nitrogen and oxygen atoms in total. The zero-order valence-corrected chi connectivity index (χ0v) is 9.06. The molecule has 3 N–H and O–H groups in total. The average Bonchev–Trinajstić information content (AvgIpc) is 1.85. The van der Waals surface area contributed by atoms with E-state index in [4.69, 9.17) is 4.18 Å². The first kappa shape index (κ1) is 15.1. The highest BCUT2D eigenvalue weighted by Crippen LogP contribution is 2.18. The molecule has 0 saturated carbocycles. The number of hydrogen-bond donors (Lipinski definition) is 1. The van der Waals surface area contributed by atoms with Crippen molar-refractivity contribution in [2.45, 2.75) is 25.9 Å². The van der Waals surface area contributed by atoms with E-state index < -0.39 is 16.0 Å². The topological polar surface area (TPSA) is 87.6 Å². The lowest BCUT2D eigenvalue weighted by molar-refractivity contribution is 0.0963. The third-order valence-electron chi connectivity index (χ3n) is 1.17. The van der Waals surface area contributed by atoms with Crippen LogP contribution in [-0.4, -0.2) is 21.1 Å². The summed E-state index contributed by atoms with van der Waals surface area (Å²) in [5.41, 5.74) is -0.795. The quantitative estimate of drug-likeness (QED) is 0.694. The summed E-state index contributed by atoms with van der Waals surface area (Å²) in [6.45, 7) is 6.77. The van der Waals surface area contributed by atoms with E-state index in [0.717, 1.165) is 7.11 Å². The summed E-state index contributed by atoms with van der Waals surface area (Å²) >= 11 is 0. The Morgan fingerprint density at radius 3 is 2.23 bits per heavy atom. The van der Waals surface area contributed by atoms with E-state index >= 15 is 0 Å². The van der Waals surface area contributed by atoms with Crippen molar-refractivity contribution in [3.05, 3.63) is 12.7 Å². The molecule has 0 rings (SSSR count). The molecule has 0 radical (unpaired) electrons. The van der Waals surface area contributed by atoms with Crippen molar-refractivity contribution < 1.29 is 16.8 Å². The Balaban J connectivity index is 0. The minimum Gasteiger partial charge on any atom is -0.344 e. The standard InChI is InChI=1S/C7H14O4S.H3N/c1-5-6-7(2,3)11-12(8,9)10-4;/h5H,1,6H2,2-4H3;1H3. The predicted molar refractivity (Wildman–Crippen MR) is 50.9 cm³/mol. The maximum atomic E-state index is 10.8. The van der Waals surface area contributed by atoms with Gasteiger partial charge in [0.15, 0.2) is 0 Å². The van der Waals surface area contributed by atoms with Gasteiger partial charge in [0, 0.05) is 0 Å². The number of hydrogen-bond acceptors (Lipinski definition) is 5. The molecule has 0 heterocycles. The van der Waals surface area contributed by atoms with Crippen molar-refractivity contribution in [3.63, 3.8) is 0 Å². The van der Waals surface area contributed by atoms with Gasteiger partial charge in [0.1, 0.15) is 0 Å². The van der Waals surface area contributed by atoms with Crippen LogP contribution in [0.15, 0.2) is 12.7 Å². The Hall–Kier alpha value is -0.430. The maximum Gasteiger partial charge on any atom is 0.400 e. The normalized spacial score (nSPS) is 11.9. The first-order valence-electron chi connectivity index (χ1n) is 3.45. The van der Waals surface area contributed by atoms with Crippen molar-refractivity contribution in [2.75, 3.05) is 7.11 Å². The van der Waals surface area contributed by atoms with Gasteiger partial charge < -0.3 is 6.15 Å². The van der Waals surface area contributed by atoms with Gasteiger partial charge in [-0.05, 0) is 20.3 Å². The Morgan fingerprint density at radius 2 is 1.92 bits per heavy atom. The van der Waals surface area contributed by atoms with Gasteiger partial charge in [0.2, 0.25) is 0 Å². The van der Waals surface area contributed by atoms with Crippen molar-refractivity contribution in [2.24, 2.45) is 0 Å². The van der Waals surface area contributed by atoms with Crippen LogP contribution in [-0.2, 0) is 18.8 Å². The molecule has 0 atom stereocenters. The fourth-order valence-electron chi connectivity index (χ4n) is 0.692. The van der Waals surface area contributed by atoms with Crippen LogP contribution in [0.25, 0.3) is 0 Å². The molecule has 0 bridgehead atoms. The average molecular weight is 211 g/mol. The van der Waals surface area contributed by atoms with Crippen LogP contribution in [0.1, 0.15) is 20.3 Å². The summed E-state index contributed by atoms with van der Waals surface area (Å²) in [5, 5.41) is 0. The number of rotatable bonds is 5. The maximum absolute atomic E-state index is 10.8. The van der Waals surface area contributed by atoms with Gasteiger partial charge in [-0.25, -0.2) is 4.18 Å². The summed E-state index contributed by atoms with van der Waals surface area (Å²) in [4.78, 5) is 0. The fraction of sp³-hybridized carbons (Fsp3) is 0.714. The van der Waals surface area contributed by atoms with Gasteiger partial charge in [-0.3, -0.25) is 4.18 Å². The van der Waals surface area contributed by atoms with Gasteiger partial charge >= 0.3 is 10.4 Å². The van der Waals surface area contributed by atoms with Gasteiger partial charge in [-0.1, -0.05) is 6.08 Å². The van der Waals surface area contributed by atoms with E-state index in [1.54, 1.807) is 19.9 Å². The van der Waals surface area contributed by atoms with E-state index in [1.807, 2.05) is 0 Å². The van der Waals surface area contributed by atoms with E-state index in [-0.39, 0.29) is 6.15 Å². The van der Waals surface area contributed by atoms with Crippen LogP contribution in [0.5, 0.6) is 0 Å². The minimum absolute atomic E-state index is 0. The fourth-order valence-corrected chi connectivity index (χ4v) is 1.38. The highest BCUT2D eigenvalue weighted by molar-refractivity contribution is 7.81. The monoisotopic (exact) mass is 211 g/mol. The second kappa shape index (κ2) is 5.33. The molecule has 0 aliphatic rings. The van der Waals surface area contributed by atoms with Crippen LogP contribution < -0.4 is 6.15 Å². The molecule has 13 heavy (non-hydrogen) atoms. The van der Waals surface area contributed by atoms with E-state index in [2.05, 4.69) is 10.8 Å². The van der Waals surface area contributed by atoms with E-state index in [0.29, 0.717) is 6.42 Å². The molecule has 6 heteroatoms. The van der Waals surface area contributed by atoms with Crippen molar-refractivity contribution in [1.29, 1.82) is 0 Å². The van der Waals surface area contributed by atoms with Crippen LogP contribution in [0, 0.1) is 0 Å². The lowest BCUT2D eigenvalue weighted by Gasteiger charge is -2.21. The van der Waals surface area contributed by atoms with E-state index in [1.165, 1.54) is 0 Å². The summed E-state index contributed by atoms with van der Waals surface area (Å²) in [7, 11) is -2.79. The van der Waals surface area contributed by atoms with Crippen molar-refractivity contribution in [1.82, 2.24) is 6.15 Å². The first-order chi connectivity index (χ1) is 5.33. The second-order valence-electron chi connectivity index (χ2n) is 2.91. The molecule has 0 aromatic heterocycles. The molecule has 0 fully saturated rings. The first-order valence-corrected chi connectivity index (χ1v) is 4.78. The van der Waals surface area contributed by atoms with Gasteiger partial charge in [0.25, 0.3) is 0 Å². The molecule has 0 aliphatic carbocycles. The summed E-state index contributed by atoms with van der Waals surface area (Å²) < 4.78 is 30.5. The molecular formula is C7H17NO4S. The van der Waals surface area contributed by atoms with Gasteiger partial charge in [0.05, 0.1) is 12.7 Å². The van der Waals surface area contributed by atoms with Crippen LogP contribution in [0.2, 0.25) is 0 Å². The zero-order chi connectivity index (χ0) is 9.83. The molecule has 0 aliphatic heterocycles. The lowest BCUT2D eigenvalue weighted by Crippen LogP contribution is -2.27. The van der Waals surface area contributed by atoms with Crippen LogP contribution in [0.3, 0.4) is 0 Å². The largest absolute Gasteiger partial charge is 0.400 e. The molecule has 0 aromatic carbocycles. The SMILES string of the molecule is C=CCC(C)(C)OS(=O)(=O)OC.N. The van der Waals surface area contributed by atoms with Gasteiger partial charge in [-0.2, -0.15) is 8.42 Å². The molecule has 0 saturated heterocycles. The van der Waals surface area contributed by atoms with Gasteiger partial charge in [-0.15, -0.1) is 6.58 Å². The molecule has 0 amide bonds. The summed E-state index contributed by atoms with van der Waals surface area (Å²) in [6.07, 6.45) is 2.03. The summed E-state index contributed by atoms with van der Waals surface area (Å²) in [5.74, 6) is 0. The van der Waals surface area contributed by atoms with Crippen LogP contribution >= 0.6 is 0 Å². The van der Waals surface area contributed by atoms with E-state index in [9.17, 15) is 8.42 Å². The third-order valence-corrected chi connectivity index (χ3v) is 2.23. The Morgan fingerprint density at radius 1 is 1.46 bits per heavy atom. The highest BCUT2D eigenvalue weighted by atomic mass is 32.3. The van der Waals surface area contributed by atoms with Crippen molar-refractivity contribution >= 4 is 10.4 Å². The second-order valence-corrected chi connectivity index (χ2v) is 4.23. The predicted octanol–water partition coefficient (Wildman–Crippen LogP) is 1.41. The lowest BCUT2D eigenvalue weighted by atomic mass is 10.1. The highest BCUT2D eigenvalue weighted by Gasteiger charge is 2.25. The molecular weight excluding hydrogens is 194 g/mol. The van der Waals surface area contributed by atoms with Crippen molar-refractivity contribution in [3.8, 4) is 0 Å².